The Labute approximate surface area is 95.8 Å². The summed E-state index contributed by atoms with van der Waals surface area (Å²) in [4.78, 5) is 11.6. The third-order valence-corrected chi connectivity index (χ3v) is 2.44. The highest BCUT2D eigenvalue weighted by Crippen LogP contribution is 2.27. The molecule has 0 aliphatic carbocycles. The molecule has 1 aromatic rings. The zero-order valence-electron chi connectivity index (χ0n) is 8.08. The smallest absolute Gasteiger partial charge is 0.178 e. The number of benzene rings is 1. The van der Waals surface area contributed by atoms with Crippen LogP contribution in [-0.4, -0.2) is 18.2 Å². The van der Waals surface area contributed by atoms with Crippen molar-refractivity contribution in [1.82, 2.24) is 0 Å². The number of halogens is 1. The van der Waals surface area contributed by atoms with Crippen molar-refractivity contribution in [3.63, 3.8) is 0 Å². The molecule has 15 heavy (non-hydrogen) atoms. The van der Waals surface area contributed by atoms with Crippen LogP contribution in [0.25, 0.3) is 0 Å². The van der Waals surface area contributed by atoms with Gasteiger partial charge in [0.2, 0.25) is 0 Å². The Morgan fingerprint density at radius 2 is 2.33 bits per heavy atom. The van der Waals surface area contributed by atoms with E-state index in [2.05, 4.69) is 15.9 Å². The average molecular weight is 269 g/mol. The van der Waals surface area contributed by atoms with Crippen molar-refractivity contribution >= 4 is 27.4 Å². The molecule has 0 radical (unpaired) electrons. The number of alkyl halides is 1. The largest absolute Gasteiger partial charge is 0.496 e. The van der Waals surface area contributed by atoms with Gasteiger partial charge in [-0.3, -0.25) is 4.79 Å². The van der Waals surface area contributed by atoms with E-state index in [0.29, 0.717) is 5.75 Å². The van der Waals surface area contributed by atoms with Gasteiger partial charge >= 0.3 is 0 Å². The molecule has 0 heterocycles. The lowest BCUT2D eigenvalue weighted by Crippen LogP contribution is -2.08. The summed E-state index contributed by atoms with van der Waals surface area (Å²) in [6, 6.07) is 5.03. The summed E-state index contributed by atoms with van der Waals surface area (Å²) < 4.78 is 5.02. The van der Waals surface area contributed by atoms with Crippen molar-refractivity contribution in [2.45, 2.75) is 0 Å². The Morgan fingerprint density at radius 3 is 2.80 bits per heavy atom. The number of rotatable bonds is 3. The third kappa shape index (κ3) is 2.10. The molecule has 0 spiro atoms. The van der Waals surface area contributed by atoms with Crippen molar-refractivity contribution < 1.29 is 9.53 Å². The minimum atomic E-state index is -0.226. The van der Waals surface area contributed by atoms with Crippen molar-refractivity contribution in [3.8, 4) is 11.8 Å². The molecule has 0 saturated heterocycles. The number of ketones is 1. The first-order valence-corrected chi connectivity index (χ1v) is 5.23. The zero-order chi connectivity index (χ0) is 11.4. The number of nitriles is 1. The van der Waals surface area contributed by atoms with Crippen LogP contribution in [0.5, 0.6) is 5.75 Å². The van der Waals surface area contributed by atoms with E-state index in [-0.39, 0.29) is 27.9 Å². The van der Waals surface area contributed by atoms with Crippen molar-refractivity contribution in [1.29, 1.82) is 5.26 Å². The highest BCUT2D eigenvalue weighted by molar-refractivity contribution is 9.09. The second-order valence-corrected chi connectivity index (χ2v) is 3.34. The van der Waals surface area contributed by atoms with Gasteiger partial charge in [0.1, 0.15) is 11.8 Å². The van der Waals surface area contributed by atoms with E-state index in [1.807, 2.05) is 6.07 Å². The number of nitrogens with two attached hydrogens (primary N) is 1. The Morgan fingerprint density at radius 1 is 1.67 bits per heavy atom. The molecule has 5 heteroatoms. The fourth-order valence-corrected chi connectivity index (χ4v) is 1.51. The SMILES string of the molecule is COc1ccc(N)c(C#N)c1C(=O)CBr. The summed E-state index contributed by atoms with van der Waals surface area (Å²) >= 11 is 3.05. The molecule has 1 rings (SSSR count). The Balaban J connectivity index is 3.49. The van der Waals surface area contributed by atoms with E-state index in [1.54, 1.807) is 12.1 Å². The lowest BCUT2D eigenvalue weighted by Gasteiger charge is -2.09. The number of hydrogen-bond acceptors (Lipinski definition) is 4. The number of hydrogen-bond donors (Lipinski definition) is 1. The molecular formula is C10H9BrN2O2. The van der Waals surface area contributed by atoms with Gasteiger partial charge in [0.25, 0.3) is 0 Å². The second-order valence-electron chi connectivity index (χ2n) is 2.78. The average Bonchev–Trinajstić information content (AvgIpc) is 2.27. The number of nitrogen functional groups attached to an aromatic ring is 1. The van der Waals surface area contributed by atoms with E-state index in [9.17, 15) is 4.79 Å². The van der Waals surface area contributed by atoms with Gasteiger partial charge in [0.05, 0.1) is 29.3 Å². The Kier molecular flexibility index (Phi) is 3.69. The molecule has 0 saturated carbocycles. The number of carbonyl (C=O) groups is 1. The topological polar surface area (TPSA) is 76.1 Å². The van der Waals surface area contributed by atoms with Crippen LogP contribution < -0.4 is 10.5 Å². The van der Waals surface area contributed by atoms with E-state index >= 15 is 0 Å². The molecule has 0 aliphatic heterocycles. The van der Waals surface area contributed by atoms with E-state index in [0.717, 1.165) is 0 Å². The number of nitrogens with zero attached hydrogens (tertiary/aromatic N) is 1. The summed E-state index contributed by atoms with van der Waals surface area (Å²) in [7, 11) is 1.44. The van der Waals surface area contributed by atoms with Gasteiger partial charge in [0.15, 0.2) is 5.78 Å². The fourth-order valence-electron chi connectivity index (χ4n) is 1.23. The minimum Gasteiger partial charge on any atom is -0.496 e. The van der Waals surface area contributed by atoms with Crippen LogP contribution in [0.3, 0.4) is 0 Å². The van der Waals surface area contributed by atoms with Crippen molar-refractivity contribution in [2.24, 2.45) is 0 Å². The maximum atomic E-state index is 11.6. The summed E-state index contributed by atoms with van der Waals surface area (Å²) in [5.74, 6) is 0.140. The van der Waals surface area contributed by atoms with Gasteiger partial charge in [-0.25, -0.2) is 0 Å². The molecule has 0 aliphatic rings. The molecule has 0 aromatic heterocycles. The fraction of sp³-hybridized carbons (Fsp3) is 0.200. The summed E-state index contributed by atoms with van der Waals surface area (Å²) in [5.41, 5.74) is 6.28. The molecule has 0 atom stereocenters. The van der Waals surface area contributed by atoms with Gasteiger partial charge in [0, 0.05) is 0 Å². The Hall–Kier alpha value is -1.54. The minimum absolute atomic E-state index is 0.126. The molecule has 0 bridgehead atoms. The van der Waals surface area contributed by atoms with Crippen LogP contribution in [0.4, 0.5) is 5.69 Å². The zero-order valence-corrected chi connectivity index (χ0v) is 9.67. The lowest BCUT2D eigenvalue weighted by molar-refractivity contribution is 0.102. The quantitative estimate of drug-likeness (QED) is 0.515. The maximum absolute atomic E-state index is 11.6. The van der Waals surface area contributed by atoms with Crippen molar-refractivity contribution in [3.05, 3.63) is 23.3 Å². The second kappa shape index (κ2) is 4.80. The predicted octanol–water partition coefficient (Wildman–Crippen LogP) is 1.73. The monoisotopic (exact) mass is 268 g/mol. The molecule has 0 fully saturated rings. The number of anilines is 1. The van der Waals surface area contributed by atoms with E-state index in [1.165, 1.54) is 7.11 Å². The highest BCUT2D eigenvalue weighted by Gasteiger charge is 2.18. The molecule has 0 amide bonds. The molecule has 2 N–H and O–H groups in total. The van der Waals surface area contributed by atoms with E-state index < -0.39 is 0 Å². The van der Waals surface area contributed by atoms with Gasteiger partial charge in [-0.05, 0) is 12.1 Å². The van der Waals surface area contributed by atoms with Gasteiger partial charge in [-0.15, -0.1) is 0 Å². The maximum Gasteiger partial charge on any atom is 0.178 e. The predicted molar refractivity (Wildman–Crippen MR) is 60.2 cm³/mol. The van der Waals surface area contributed by atoms with Crippen LogP contribution in [0.15, 0.2) is 12.1 Å². The van der Waals surface area contributed by atoms with Crippen LogP contribution in [0.2, 0.25) is 0 Å². The number of Topliss-reactive ketones (excluding diaryl/α,β-unsaturated/α-hetero) is 1. The number of methoxy groups -OCH3 is 1. The van der Waals surface area contributed by atoms with Gasteiger partial charge < -0.3 is 10.5 Å². The Bertz CT molecular complexity index is 438. The molecule has 0 unspecified atom stereocenters. The molecule has 1 aromatic carbocycles. The molecular weight excluding hydrogens is 260 g/mol. The summed E-state index contributed by atoms with van der Waals surface area (Å²) in [5, 5.41) is 9.04. The highest BCUT2D eigenvalue weighted by atomic mass is 79.9. The van der Waals surface area contributed by atoms with Crippen LogP contribution in [-0.2, 0) is 0 Å². The van der Waals surface area contributed by atoms with Crippen LogP contribution in [0, 0.1) is 11.3 Å². The first-order chi connectivity index (χ1) is 7.15. The first-order valence-electron chi connectivity index (χ1n) is 4.11. The van der Waals surface area contributed by atoms with Crippen LogP contribution >= 0.6 is 15.9 Å². The standard InChI is InChI=1S/C10H9BrN2O2/c1-15-9-3-2-7(13)6(5-12)10(9)8(14)4-11/h2-3H,4,13H2,1H3. The van der Waals surface area contributed by atoms with Gasteiger partial charge in [-0.1, -0.05) is 15.9 Å². The molecule has 78 valence electrons. The number of ether oxygens (including phenoxy) is 1. The van der Waals surface area contributed by atoms with Crippen LogP contribution in [0.1, 0.15) is 15.9 Å². The first kappa shape index (κ1) is 11.5. The van der Waals surface area contributed by atoms with E-state index in [4.69, 9.17) is 15.7 Å². The lowest BCUT2D eigenvalue weighted by atomic mass is 10.0. The van der Waals surface area contributed by atoms with Crippen molar-refractivity contribution in [2.75, 3.05) is 18.2 Å². The molecule has 4 nitrogen and oxygen atoms in total. The summed E-state index contributed by atoms with van der Waals surface area (Å²) in [6.45, 7) is 0. The van der Waals surface area contributed by atoms with Gasteiger partial charge in [-0.2, -0.15) is 5.26 Å². The normalized spacial score (nSPS) is 9.40. The third-order valence-electron chi connectivity index (χ3n) is 1.93. The number of carbonyl (C=O) groups excluding carboxylic acids is 1. The summed E-state index contributed by atoms with van der Waals surface area (Å²) in [6.07, 6.45) is 0.